The van der Waals surface area contributed by atoms with Gasteiger partial charge in [-0.2, -0.15) is 0 Å². The van der Waals surface area contributed by atoms with Crippen LogP contribution in [0, 0.1) is 11.8 Å². The van der Waals surface area contributed by atoms with Crippen molar-refractivity contribution in [3.63, 3.8) is 0 Å². The molecule has 196 valence electrons. The molecule has 4 amide bonds. The standard InChI is InChI=1S/C25H41N5O5/c1-14(2)21(23(28)33)29-24(34)22(15(3)4)30(25(35)16(5)26)20(32)12-11-19(31)18(27)13-17-9-7-6-8-10-17/h6-10,14-16,18-19,21-22,31H,11-13,26-27H2,1-5H3,(H2,28,33)(H,29,34)/t16?,18-,19-,21?,22?/m0/s1. The molecular formula is C25H41N5O5. The van der Waals surface area contributed by atoms with Gasteiger partial charge in [-0.3, -0.25) is 24.1 Å². The number of nitrogens with one attached hydrogen (secondary N) is 1. The van der Waals surface area contributed by atoms with E-state index in [1.54, 1.807) is 27.7 Å². The van der Waals surface area contributed by atoms with E-state index in [2.05, 4.69) is 5.32 Å². The highest BCUT2D eigenvalue weighted by Gasteiger charge is 2.39. The summed E-state index contributed by atoms with van der Waals surface area (Å²) in [5, 5.41) is 13.1. The van der Waals surface area contributed by atoms with Crippen LogP contribution in [0.4, 0.5) is 0 Å². The Balaban J connectivity index is 3.04. The molecule has 0 aliphatic carbocycles. The first-order valence-electron chi connectivity index (χ1n) is 12.0. The Morgan fingerprint density at radius 2 is 1.54 bits per heavy atom. The van der Waals surface area contributed by atoms with Crippen molar-refractivity contribution in [1.82, 2.24) is 10.2 Å². The first-order chi connectivity index (χ1) is 16.3. The summed E-state index contributed by atoms with van der Waals surface area (Å²) < 4.78 is 0. The quantitative estimate of drug-likeness (QED) is 0.258. The fourth-order valence-corrected chi connectivity index (χ4v) is 3.79. The maximum Gasteiger partial charge on any atom is 0.246 e. The molecule has 1 rings (SSSR count). The molecule has 10 heteroatoms. The van der Waals surface area contributed by atoms with Crippen molar-refractivity contribution in [3.8, 4) is 0 Å². The van der Waals surface area contributed by atoms with E-state index in [-0.39, 0.29) is 18.8 Å². The fraction of sp³-hybridized carbons (Fsp3) is 0.600. The molecule has 0 radical (unpaired) electrons. The van der Waals surface area contributed by atoms with Gasteiger partial charge >= 0.3 is 0 Å². The monoisotopic (exact) mass is 491 g/mol. The molecule has 10 nitrogen and oxygen atoms in total. The van der Waals surface area contributed by atoms with Gasteiger partial charge in [0, 0.05) is 12.5 Å². The van der Waals surface area contributed by atoms with Crippen molar-refractivity contribution in [2.75, 3.05) is 0 Å². The van der Waals surface area contributed by atoms with Crippen LogP contribution < -0.4 is 22.5 Å². The Bertz CT molecular complexity index is 859. The Hall–Kier alpha value is -2.82. The third-order valence-electron chi connectivity index (χ3n) is 5.81. The average molecular weight is 492 g/mol. The number of nitrogens with zero attached hydrogens (tertiary/aromatic N) is 1. The molecule has 0 aliphatic heterocycles. The first kappa shape index (κ1) is 30.2. The Morgan fingerprint density at radius 1 is 0.971 bits per heavy atom. The minimum absolute atomic E-state index is 0.00208. The zero-order valence-corrected chi connectivity index (χ0v) is 21.3. The highest BCUT2D eigenvalue weighted by atomic mass is 16.3. The van der Waals surface area contributed by atoms with Crippen LogP contribution in [0.2, 0.25) is 0 Å². The largest absolute Gasteiger partial charge is 0.391 e. The van der Waals surface area contributed by atoms with Crippen molar-refractivity contribution in [1.29, 1.82) is 0 Å². The number of carbonyl (C=O) groups excluding carboxylic acids is 4. The summed E-state index contributed by atoms with van der Waals surface area (Å²) in [6.45, 7) is 8.21. The van der Waals surface area contributed by atoms with E-state index in [1.165, 1.54) is 6.92 Å². The minimum Gasteiger partial charge on any atom is -0.391 e. The molecule has 5 atom stereocenters. The molecule has 35 heavy (non-hydrogen) atoms. The predicted octanol–water partition coefficient (Wildman–Crippen LogP) is 0.0506. The SMILES string of the molecule is CC(N)C(=O)N(C(=O)CC[C@H](O)[C@@H](N)Cc1ccccc1)C(C(=O)NC(C(N)=O)C(C)C)C(C)C. The lowest BCUT2D eigenvalue weighted by molar-refractivity contribution is -0.155. The maximum absolute atomic E-state index is 13.2. The Kier molecular flexibility index (Phi) is 12.0. The van der Waals surface area contributed by atoms with E-state index >= 15 is 0 Å². The Labute approximate surface area is 207 Å². The molecular weight excluding hydrogens is 450 g/mol. The van der Waals surface area contributed by atoms with Gasteiger partial charge in [0.2, 0.25) is 23.6 Å². The molecule has 0 fully saturated rings. The smallest absolute Gasteiger partial charge is 0.246 e. The second-order valence-electron chi connectivity index (χ2n) is 9.67. The second kappa shape index (κ2) is 13.9. The van der Waals surface area contributed by atoms with Gasteiger partial charge in [0.15, 0.2) is 0 Å². The topological polar surface area (TPSA) is 182 Å². The first-order valence-corrected chi connectivity index (χ1v) is 12.0. The van der Waals surface area contributed by atoms with E-state index < -0.39 is 59.8 Å². The molecule has 0 saturated carbocycles. The zero-order chi connectivity index (χ0) is 26.9. The van der Waals surface area contributed by atoms with E-state index in [9.17, 15) is 24.3 Å². The highest BCUT2D eigenvalue weighted by molar-refractivity contribution is 6.02. The third kappa shape index (κ3) is 9.04. The number of nitrogens with two attached hydrogens (primary N) is 3. The van der Waals surface area contributed by atoms with Gasteiger partial charge in [0.25, 0.3) is 0 Å². The number of primary amides is 1. The van der Waals surface area contributed by atoms with E-state index in [4.69, 9.17) is 17.2 Å². The number of amides is 4. The van der Waals surface area contributed by atoms with Crippen molar-refractivity contribution in [2.45, 2.75) is 84.2 Å². The number of benzene rings is 1. The molecule has 0 spiro atoms. The molecule has 3 unspecified atom stereocenters. The number of aliphatic hydroxyl groups is 1. The van der Waals surface area contributed by atoms with Crippen LogP contribution in [-0.4, -0.2) is 63.9 Å². The van der Waals surface area contributed by atoms with Crippen LogP contribution in [0.1, 0.15) is 53.0 Å². The van der Waals surface area contributed by atoms with Crippen molar-refractivity contribution in [3.05, 3.63) is 35.9 Å². The van der Waals surface area contributed by atoms with Gasteiger partial charge < -0.3 is 27.6 Å². The lowest BCUT2D eigenvalue weighted by Crippen LogP contribution is -2.60. The molecule has 0 bridgehead atoms. The molecule has 0 heterocycles. The van der Waals surface area contributed by atoms with Gasteiger partial charge in [-0.25, -0.2) is 0 Å². The lowest BCUT2D eigenvalue weighted by atomic mass is 9.96. The maximum atomic E-state index is 13.2. The van der Waals surface area contributed by atoms with Gasteiger partial charge in [-0.1, -0.05) is 58.0 Å². The van der Waals surface area contributed by atoms with Gasteiger partial charge in [0.1, 0.15) is 12.1 Å². The summed E-state index contributed by atoms with van der Waals surface area (Å²) in [7, 11) is 0. The minimum atomic E-state index is -1.21. The predicted molar refractivity (Wildman–Crippen MR) is 133 cm³/mol. The number of hydrogen-bond acceptors (Lipinski definition) is 7. The van der Waals surface area contributed by atoms with Crippen LogP contribution in [0.15, 0.2) is 30.3 Å². The zero-order valence-electron chi connectivity index (χ0n) is 21.3. The molecule has 8 N–H and O–H groups in total. The van der Waals surface area contributed by atoms with E-state index in [1.807, 2.05) is 30.3 Å². The molecule has 0 aliphatic rings. The molecule has 0 aromatic heterocycles. The van der Waals surface area contributed by atoms with Gasteiger partial charge in [0.05, 0.1) is 12.1 Å². The number of rotatable bonds is 13. The fourth-order valence-electron chi connectivity index (χ4n) is 3.79. The van der Waals surface area contributed by atoms with E-state index in [0.717, 1.165) is 10.5 Å². The summed E-state index contributed by atoms with van der Waals surface area (Å²) in [5.41, 5.74) is 18.3. The van der Waals surface area contributed by atoms with Crippen LogP contribution in [0.3, 0.4) is 0 Å². The molecule has 1 aromatic carbocycles. The normalized spacial score (nSPS) is 15.7. The number of imide groups is 1. The van der Waals surface area contributed by atoms with Crippen LogP contribution in [0.5, 0.6) is 0 Å². The summed E-state index contributed by atoms with van der Waals surface area (Å²) in [6, 6.07) is 5.56. The molecule has 1 aromatic rings. The van der Waals surface area contributed by atoms with Crippen LogP contribution in [0.25, 0.3) is 0 Å². The summed E-state index contributed by atoms with van der Waals surface area (Å²) >= 11 is 0. The van der Waals surface area contributed by atoms with Crippen molar-refractivity contribution in [2.24, 2.45) is 29.0 Å². The van der Waals surface area contributed by atoms with Crippen LogP contribution >= 0.6 is 0 Å². The number of aliphatic hydroxyl groups excluding tert-OH is 1. The number of carbonyl (C=O) groups is 4. The van der Waals surface area contributed by atoms with E-state index in [0.29, 0.717) is 6.42 Å². The van der Waals surface area contributed by atoms with Crippen molar-refractivity contribution >= 4 is 23.6 Å². The van der Waals surface area contributed by atoms with Crippen LogP contribution in [-0.2, 0) is 25.6 Å². The highest BCUT2D eigenvalue weighted by Crippen LogP contribution is 2.18. The van der Waals surface area contributed by atoms with Gasteiger partial charge in [-0.15, -0.1) is 0 Å². The number of hydrogen-bond donors (Lipinski definition) is 5. The summed E-state index contributed by atoms with van der Waals surface area (Å²) in [5.74, 6) is -3.56. The molecule has 0 saturated heterocycles. The van der Waals surface area contributed by atoms with Gasteiger partial charge in [-0.05, 0) is 37.2 Å². The third-order valence-corrected chi connectivity index (χ3v) is 5.81. The lowest BCUT2D eigenvalue weighted by Gasteiger charge is -2.34. The average Bonchev–Trinajstić information content (AvgIpc) is 2.78. The van der Waals surface area contributed by atoms with Crippen molar-refractivity contribution < 1.29 is 24.3 Å². The Morgan fingerprint density at radius 3 is 2.00 bits per heavy atom. The summed E-state index contributed by atoms with van der Waals surface area (Å²) in [4.78, 5) is 51.9. The summed E-state index contributed by atoms with van der Waals surface area (Å²) in [6.07, 6.45) is -0.808. The second-order valence-corrected chi connectivity index (χ2v) is 9.67.